The second-order valence-corrected chi connectivity index (χ2v) is 11.0. The highest BCUT2D eigenvalue weighted by Gasteiger charge is 2.19. The van der Waals surface area contributed by atoms with Gasteiger partial charge in [-0.15, -0.1) is 0 Å². The molecule has 0 radical (unpaired) electrons. The molecule has 8 aromatic rings. The van der Waals surface area contributed by atoms with Gasteiger partial charge in [-0.3, -0.25) is 0 Å². The van der Waals surface area contributed by atoms with Gasteiger partial charge in [0.2, 0.25) is 0 Å². The molecule has 0 nitrogen and oxygen atoms in total. The molecule has 0 N–H and O–H groups in total. The Bertz CT molecular complexity index is 2120. The van der Waals surface area contributed by atoms with Gasteiger partial charge in [0.1, 0.15) is 0 Å². The van der Waals surface area contributed by atoms with Crippen molar-refractivity contribution in [2.75, 3.05) is 0 Å². The molecule has 8 rings (SSSR count). The lowest BCUT2D eigenvalue weighted by atomic mass is 9.83. The summed E-state index contributed by atoms with van der Waals surface area (Å²) in [6.45, 7) is 4.42. The second kappa shape index (κ2) is 8.79. The molecule has 0 atom stereocenters. The second-order valence-electron chi connectivity index (χ2n) is 11.0. The van der Waals surface area contributed by atoms with Crippen LogP contribution in [-0.4, -0.2) is 0 Å². The lowest BCUT2D eigenvalue weighted by molar-refractivity contribution is 1.53. The van der Waals surface area contributed by atoms with E-state index >= 15 is 0 Å². The van der Waals surface area contributed by atoms with Crippen LogP contribution in [0, 0.1) is 13.8 Å². The van der Waals surface area contributed by atoms with Crippen molar-refractivity contribution in [2.45, 2.75) is 13.8 Å². The maximum absolute atomic E-state index is 2.42. The number of fused-ring (bicyclic) bond motifs is 5. The number of hydrogen-bond donors (Lipinski definition) is 0. The van der Waals surface area contributed by atoms with Gasteiger partial charge in [0.25, 0.3) is 0 Å². The molecule has 0 aromatic heterocycles. The van der Waals surface area contributed by atoms with E-state index in [1.807, 2.05) is 0 Å². The van der Waals surface area contributed by atoms with E-state index in [2.05, 4.69) is 147 Å². The van der Waals surface area contributed by atoms with Gasteiger partial charge in [0.05, 0.1) is 0 Å². The highest BCUT2D eigenvalue weighted by atomic mass is 14.2. The summed E-state index contributed by atoms with van der Waals surface area (Å²) in [5.74, 6) is 0. The fraction of sp³-hybridized carbons (Fsp3) is 0.0500. The summed E-state index contributed by atoms with van der Waals surface area (Å²) in [5.41, 5.74) is 7.82. The van der Waals surface area contributed by atoms with Crippen LogP contribution in [-0.2, 0) is 0 Å². The summed E-state index contributed by atoms with van der Waals surface area (Å²) in [5, 5.41) is 12.9. The van der Waals surface area contributed by atoms with Gasteiger partial charge in [0, 0.05) is 0 Å². The van der Waals surface area contributed by atoms with E-state index in [9.17, 15) is 0 Å². The van der Waals surface area contributed by atoms with Crippen molar-refractivity contribution in [2.24, 2.45) is 0 Å². The molecular weight excluding hydrogens is 480 g/mol. The van der Waals surface area contributed by atoms with Gasteiger partial charge in [0.15, 0.2) is 0 Å². The van der Waals surface area contributed by atoms with Crippen molar-refractivity contribution in [1.29, 1.82) is 0 Å². The normalized spacial score (nSPS) is 11.8. The molecule has 0 saturated heterocycles. The van der Waals surface area contributed by atoms with Gasteiger partial charge in [-0.2, -0.15) is 0 Å². The van der Waals surface area contributed by atoms with Crippen LogP contribution in [0.15, 0.2) is 133 Å². The maximum Gasteiger partial charge on any atom is -0.00201 e. The van der Waals surface area contributed by atoms with Crippen LogP contribution >= 0.6 is 0 Å². The van der Waals surface area contributed by atoms with Crippen molar-refractivity contribution in [3.63, 3.8) is 0 Å². The fourth-order valence-corrected chi connectivity index (χ4v) is 6.79. The van der Waals surface area contributed by atoms with Crippen LogP contribution in [0.2, 0.25) is 0 Å². The zero-order valence-corrected chi connectivity index (χ0v) is 22.7. The summed E-state index contributed by atoms with van der Waals surface area (Å²) < 4.78 is 0. The number of rotatable bonds is 2. The summed E-state index contributed by atoms with van der Waals surface area (Å²) in [6.07, 6.45) is 0. The lowest BCUT2D eigenvalue weighted by Gasteiger charge is -2.20. The third-order valence-corrected chi connectivity index (χ3v) is 8.71. The van der Waals surface area contributed by atoms with Crippen LogP contribution in [0.5, 0.6) is 0 Å². The molecule has 0 saturated carbocycles. The Morgan fingerprint density at radius 3 is 1.07 bits per heavy atom. The first-order valence-corrected chi connectivity index (χ1v) is 14.0. The summed E-state index contributed by atoms with van der Waals surface area (Å²) in [6, 6.07) is 49.5. The molecule has 0 unspecified atom stereocenters. The summed E-state index contributed by atoms with van der Waals surface area (Å²) in [7, 11) is 0. The van der Waals surface area contributed by atoms with E-state index in [-0.39, 0.29) is 0 Å². The Labute approximate surface area is 234 Å². The van der Waals surface area contributed by atoms with Crippen LogP contribution in [0.1, 0.15) is 11.1 Å². The van der Waals surface area contributed by atoms with Crippen molar-refractivity contribution in [3.8, 4) is 22.3 Å². The van der Waals surface area contributed by atoms with E-state index in [1.54, 1.807) is 0 Å². The molecular formula is C40H28. The average Bonchev–Trinajstić information content (AvgIpc) is 3.00. The van der Waals surface area contributed by atoms with E-state index in [0.29, 0.717) is 0 Å². The highest BCUT2D eigenvalue weighted by molar-refractivity contribution is 6.25. The van der Waals surface area contributed by atoms with E-state index in [1.165, 1.54) is 87.2 Å². The molecule has 0 heteroatoms. The summed E-state index contributed by atoms with van der Waals surface area (Å²) in [4.78, 5) is 0. The van der Waals surface area contributed by atoms with Crippen LogP contribution in [0.3, 0.4) is 0 Å². The zero-order chi connectivity index (χ0) is 26.8. The van der Waals surface area contributed by atoms with Crippen molar-refractivity contribution < 1.29 is 0 Å². The molecule has 0 aliphatic rings. The maximum atomic E-state index is 2.42. The number of aryl methyl sites for hydroxylation is 2. The zero-order valence-electron chi connectivity index (χ0n) is 22.7. The fourth-order valence-electron chi connectivity index (χ4n) is 6.79. The smallest absolute Gasteiger partial charge is 0.00201 e. The third kappa shape index (κ3) is 3.33. The van der Waals surface area contributed by atoms with E-state index < -0.39 is 0 Å². The molecule has 188 valence electrons. The van der Waals surface area contributed by atoms with Gasteiger partial charge >= 0.3 is 0 Å². The Balaban J connectivity index is 1.63. The SMILES string of the molecule is Cc1ccc(-c2c3ccccc3cc3c(-c4ccc(C)c5ccccc45)c4ccccc4cc23)c2ccccc12. The highest BCUT2D eigenvalue weighted by Crippen LogP contribution is 2.46. The monoisotopic (exact) mass is 508 g/mol. The Hall–Kier alpha value is -4.94. The average molecular weight is 509 g/mol. The molecule has 0 spiro atoms. The van der Waals surface area contributed by atoms with Crippen LogP contribution < -0.4 is 0 Å². The first-order valence-electron chi connectivity index (χ1n) is 14.0. The third-order valence-electron chi connectivity index (χ3n) is 8.71. The Morgan fingerprint density at radius 2 is 0.650 bits per heavy atom. The van der Waals surface area contributed by atoms with Crippen molar-refractivity contribution in [1.82, 2.24) is 0 Å². The predicted octanol–water partition coefficient (Wildman–Crippen LogP) is 11.4. The standard InChI is InChI=1S/C40H28/c1-25-19-21-35(33-17-9-7-13-29(25)33)39-31-15-5-3-11-27(31)24-38-37(39)23-28-12-4-6-16-32(28)40(38)36-22-20-26(2)30-14-8-10-18-34(30)36/h3-24H,1-2H3. The minimum atomic E-state index is 1.27. The molecule has 0 aliphatic carbocycles. The van der Waals surface area contributed by atoms with Crippen molar-refractivity contribution >= 4 is 53.9 Å². The van der Waals surface area contributed by atoms with Crippen molar-refractivity contribution in [3.05, 3.63) is 145 Å². The van der Waals surface area contributed by atoms with Gasteiger partial charge < -0.3 is 0 Å². The molecule has 0 heterocycles. The lowest BCUT2D eigenvalue weighted by Crippen LogP contribution is -1.93. The minimum absolute atomic E-state index is 1.27. The molecule has 0 aliphatic heterocycles. The molecule has 0 fully saturated rings. The van der Waals surface area contributed by atoms with Gasteiger partial charge in [-0.1, -0.05) is 121 Å². The molecule has 0 bridgehead atoms. The molecule has 0 amide bonds. The summed E-state index contributed by atoms with van der Waals surface area (Å²) >= 11 is 0. The van der Waals surface area contributed by atoms with Crippen LogP contribution in [0.25, 0.3) is 76.1 Å². The first kappa shape index (κ1) is 23.0. The van der Waals surface area contributed by atoms with Crippen LogP contribution in [0.4, 0.5) is 0 Å². The quantitative estimate of drug-likeness (QED) is 0.204. The molecule has 8 aromatic carbocycles. The minimum Gasteiger partial charge on any atom is -0.0616 e. The first-order chi connectivity index (χ1) is 19.7. The topological polar surface area (TPSA) is 0 Å². The Kier molecular flexibility index (Phi) is 5.06. The van der Waals surface area contributed by atoms with Gasteiger partial charge in [-0.25, -0.2) is 0 Å². The molecule has 40 heavy (non-hydrogen) atoms. The predicted molar refractivity (Wildman–Crippen MR) is 174 cm³/mol. The largest absolute Gasteiger partial charge is 0.0616 e. The Morgan fingerprint density at radius 1 is 0.300 bits per heavy atom. The van der Waals surface area contributed by atoms with Gasteiger partial charge in [-0.05, 0) is 113 Å². The number of benzene rings is 8. The van der Waals surface area contributed by atoms with E-state index in [0.717, 1.165) is 0 Å². The van der Waals surface area contributed by atoms with E-state index in [4.69, 9.17) is 0 Å². The number of hydrogen-bond acceptors (Lipinski definition) is 0.